The second-order valence-corrected chi connectivity index (χ2v) is 6.38. The summed E-state index contributed by atoms with van der Waals surface area (Å²) in [6, 6.07) is 8.39. The van der Waals surface area contributed by atoms with Gasteiger partial charge in [-0.2, -0.15) is 5.10 Å². The van der Waals surface area contributed by atoms with Gasteiger partial charge in [0.25, 0.3) is 0 Å². The lowest BCUT2D eigenvalue weighted by Gasteiger charge is -2.29. The van der Waals surface area contributed by atoms with Crippen LogP contribution in [0.15, 0.2) is 43.0 Å². The van der Waals surface area contributed by atoms with Gasteiger partial charge >= 0.3 is 0 Å². The number of hydrogen-bond acceptors (Lipinski definition) is 3. The van der Waals surface area contributed by atoms with Crippen LogP contribution in [0.4, 0.5) is 0 Å². The first-order chi connectivity index (χ1) is 11.3. The van der Waals surface area contributed by atoms with E-state index in [1.165, 1.54) is 11.1 Å². The van der Waals surface area contributed by atoms with E-state index in [0.717, 1.165) is 29.9 Å². The molecule has 114 valence electrons. The van der Waals surface area contributed by atoms with Crippen molar-refractivity contribution in [2.24, 2.45) is 5.92 Å². The maximum absolute atomic E-state index is 13.1. The van der Waals surface area contributed by atoms with E-state index in [2.05, 4.69) is 32.8 Å². The highest BCUT2D eigenvalue weighted by atomic mass is 16.1. The Morgan fingerprint density at radius 1 is 1.22 bits per heavy atom. The van der Waals surface area contributed by atoms with Gasteiger partial charge in [0.05, 0.1) is 36.4 Å². The molecule has 2 aliphatic rings. The van der Waals surface area contributed by atoms with Gasteiger partial charge in [0.1, 0.15) is 5.69 Å². The van der Waals surface area contributed by atoms with Gasteiger partial charge in [-0.25, -0.2) is 4.98 Å². The molecule has 2 aliphatic heterocycles. The lowest BCUT2D eigenvalue weighted by molar-refractivity contribution is 0.0839. The van der Waals surface area contributed by atoms with Crippen molar-refractivity contribution in [1.29, 1.82) is 0 Å². The highest BCUT2D eigenvalue weighted by Gasteiger charge is 2.41. The van der Waals surface area contributed by atoms with Crippen LogP contribution in [-0.2, 0) is 6.54 Å². The van der Waals surface area contributed by atoms with Crippen LogP contribution in [-0.4, -0.2) is 25.1 Å². The fourth-order valence-corrected chi connectivity index (χ4v) is 4.12. The summed E-state index contributed by atoms with van der Waals surface area (Å²) in [5, 5.41) is 4.32. The molecule has 2 aromatic heterocycles. The van der Waals surface area contributed by atoms with Crippen molar-refractivity contribution < 1.29 is 4.79 Å². The first-order valence-corrected chi connectivity index (χ1v) is 7.93. The average molecular weight is 304 g/mol. The van der Waals surface area contributed by atoms with Crippen molar-refractivity contribution in [2.45, 2.75) is 25.9 Å². The molecule has 0 saturated heterocycles. The largest absolute Gasteiger partial charge is 0.322 e. The first-order valence-electron chi connectivity index (χ1n) is 7.93. The summed E-state index contributed by atoms with van der Waals surface area (Å²) in [6.45, 7) is 2.76. The molecule has 0 unspecified atom stereocenters. The predicted octanol–water partition coefficient (Wildman–Crippen LogP) is 2.86. The molecule has 0 amide bonds. The number of benzene rings is 1. The van der Waals surface area contributed by atoms with Crippen molar-refractivity contribution >= 4 is 5.78 Å². The van der Waals surface area contributed by atoms with Crippen molar-refractivity contribution in [3.8, 4) is 11.3 Å². The van der Waals surface area contributed by atoms with E-state index in [0.29, 0.717) is 0 Å². The van der Waals surface area contributed by atoms with Gasteiger partial charge in [-0.05, 0) is 24.5 Å². The third-order valence-corrected chi connectivity index (χ3v) is 5.15. The Labute approximate surface area is 133 Å². The lowest BCUT2D eigenvalue weighted by atomic mass is 9.83. The van der Waals surface area contributed by atoms with Gasteiger partial charge in [0.15, 0.2) is 5.78 Å². The minimum absolute atomic E-state index is 0.0410. The number of imidazole rings is 1. The summed E-state index contributed by atoms with van der Waals surface area (Å²) in [4.78, 5) is 17.4. The highest BCUT2D eigenvalue weighted by Crippen LogP contribution is 2.45. The van der Waals surface area contributed by atoms with Crippen LogP contribution in [0.25, 0.3) is 11.3 Å². The Hall–Kier alpha value is -2.69. The SMILES string of the molecule is Cc1cnn2c1C(=O)[C@@H]([C@@H]1c3ccccc3-c3cncn31)CC2. The molecule has 0 N–H and O–H groups in total. The molecule has 0 fully saturated rings. The van der Waals surface area contributed by atoms with Crippen LogP contribution in [0.1, 0.15) is 34.1 Å². The van der Waals surface area contributed by atoms with Crippen LogP contribution < -0.4 is 0 Å². The number of ketones is 1. The second kappa shape index (κ2) is 4.41. The molecule has 5 nitrogen and oxygen atoms in total. The van der Waals surface area contributed by atoms with Crippen molar-refractivity contribution in [3.63, 3.8) is 0 Å². The number of nitrogens with zero attached hydrogens (tertiary/aromatic N) is 4. The van der Waals surface area contributed by atoms with Gasteiger partial charge in [-0.3, -0.25) is 9.48 Å². The maximum atomic E-state index is 13.1. The Morgan fingerprint density at radius 2 is 2.09 bits per heavy atom. The van der Waals surface area contributed by atoms with Gasteiger partial charge < -0.3 is 4.57 Å². The van der Waals surface area contributed by atoms with E-state index in [1.54, 1.807) is 6.20 Å². The van der Waals surface area contributed by atoms with Crippen LogP contribution in [0.3, 0.4) is 0 Å². The van der Waals surface area contributed by atoms with E-state index in [4.69, 9.17) is 0 Å². The Kier molecular flexibility index (Phi) is 2.46. The molecule has 0 saturated carbocycles. The summed E-state index contributed by atoms with van der Waals surface area (Å²) in [7, 11) is 0. The van der Waals surface area contributed by atoms with E-state index in [1.807, 2.05) is 30.2 Å². The zero-order valence-corrected chi connectivity index (χ0v) is 12.8. The molecule has 0 spiro atoms. The van der Waals surface area contributed by atoms with Crippen molar-refractivity contribution in [3.05, 3.63) is 59.8 Å². The van der Waals surface area contributed by atoms with Crippen molar-refractivity contribution in [2.75, 3.05) is 0 Å². The molecule has 5 rings (SSSR count). The number of rotatable bonds is 1. The third-order valence-electron chi connectivity index (χ3n) is 5.15. The van der Waals surface area contributed by atoms with Crippen LogP contribution in [0.5, 0.6) is 0 Å². The van der Waals surface area contributed by atoms with Crippen LogP contribution >= 0.6 is 0 Å². The number of aryl methyl sites for hydroxylation is 2. The number of carbonyl (C=O) groups excluding carboxylic acids is 1. The van der Waals surface area contributed by atoms with E-state index in [9.17, 15) is 4.79 Å². The fraction of sp³-hybridized carbons (Fsp3) is 0.278. The third kappa shape index (κ3) is 1.59. The molecule has 1 aromatic carbocycles. The summed E-state index contributed by atoms with van der Waals surface area (Å²) >= 11 is 0. The summed E-state index contributed by atoms with van der Waals surface area (Å²) in [5.74, 6) is 0.141. The molecule has 23 heavy (non-hydrogen) atoms. The molecule has 0 bridgehead atoms. The Balaban J connectivity index is 1.66. The second-order valence-electron chi connectivity index (χ2n) is 6.38. The van der Waals surface area contributed by atoms with Gasteiger partial charge in [-0.1, -0.05) is 24.3 Å². The molecule has 0 radical (unpaired) electrons. The molecular formula is C18H16N4O. The molecule has 4 heterocycles. The van der Waals surface area contributed by atoms with Crippen molar-refractivity contribution in [1.82, 2.24) is 19.3 Å². The quantitative estimate of drug-likeness (QED) is 0.694. The van der Waals surface area contributed by atoms with Crippen LogP contribution in [0.2, 0.25) is 0 Å². The number of hydrogen-bond donors (Lipinski definition) is 0. The minimum Gasteiger partial charge on any atom is -0.322 e. The normalized spacial score (nSPS) is 21.9. The number of fused-ring (bicyclic) bond motifs is 4. The summed E-state index contributed by atoms with van der Waals surface area (Å²) in [6.07, 6.45) is 6.35. The average Bonchev–Trinajstić information content (AvgIpc) is 3.23. The zero-order chi connectivity index (χ0) is 15.6. The molecular weight excluding hydrogens is 288 g/mol. The maximum Gasteiger partial charge on any atom is 0.186 e. The van der Waals surface area contributed by atoms with E-state index >= 15 is 0 Å². The highest BCUT2D eigenvalue weighted by molar-refractivity contribution is 5.99. The van der Waals surface area contributed by atoms with Gasteiger partial charge in [0, 0.05) is 12.1 Å². The number of aromatic nitrogens is 4. The van der Waals surface area contributed by atoms with E-state index in [-0.39, 0.29) is 17.7 Å². The number of carbonyl (C=O) groups is 1. The standard InChI is InChI=1S/C18H16N4O/c1-11-8-20-22-7-6-14(18(23)16(11)22)17-13-5-3-2-4-12(13)15-9-19-10-21(15)17/h2-5,8-10,14,17H,6-7H2,1H3/t14-,17+/m1/s1. The summed E-state index contributed by atoms with van der Waals surface area (Å²) < 4.78 is 4.01. The van der Waals surface area contributed by atoms with Gasteiger partial charge in [0.2, 0.25) is 0 Å². The molecule has 5 heteroatoms. The smallest absolute Gasteiger partial charge is 0.186 e. The molecule has 2 atom stereocenters. The van der Waals surface area contributed by atoms with Crippen LogP contribution in [0, 0.1) is 12.8 Å². The lowest BCUT2D eigenvalue weighted by Crippen LogP contribution is -2.33. The van der Waals surface area contributed by atoms with Gasteiger partial charge in [-0.15, -0.1) is 0 Å². The molecule has 3 aromatic rings. The van der Waals surface area contributed by atoms with E-state index < -0.39 is 0 Å². The molecule has 0 aliphatic carbocycles. The fourth-order valence-electron chi connectivity index (χ4n) is 4.12. The Morgan fingerprint density at radius 3 is 3.00 bits per heavy atom. The first kappa shape index (κ1) is 12.8. The summed E-state index contributed by atoms with van der Waals surface area (Å²) in [5.41, 5.74) is 5.27. The minimum atomic E-state index is -0.0606. The topological polar surface area (TPSA) is 52.7 Å². The monoisotopic (exact) mass is 304 g/mol. The predicted molar refractivity (Wildman–Crippen MR) is 85.2 cm³/mol. The zero-order valence-electron chi connectivity index (χ0n) is 12.8. The number of Topliss-reactive ketones (excluding diaryl/α,β-unsaturated/α-hetero) is 1. The Bertz CT molecular complexity index is 936.